The predicted molar refractivity (Wildman–Crippen MR) is 76.0 cm³/mol. The van der Waals surface area contributed by atoms with Gasteiger partial charge in [-0.05, 0) is 11.5 Å². The van der Waals surface area contributed by atoms with Crippen molar-refractivity contribution in [2.75, 3.05) is 19.1 Å². The van der Waals surface area contributed by atoms with Crippen LogP contribution < -0.4 is 9.64 Å². The van der Waals surface area contributed by atoms with Crippen molar-refractivity contribution < 1.29 is 4.74 Å². The molecule has 3 aromatic rings. The van der Waals surface area contributed by atoms with Gasteiger partial charge in [0, 0.05) is 18.0 Å². The average Bonchev–Trinajstić information content (AvgIpc) is 3.05. The predicted octanol–water partition coefficient (Wildman–Crippen LogP) is 2.19. The third-order valence-corrected chi connectivity index (χ3v) is 4.10. The lowest BCUT2D eigenvalue weighted by Crippen LogP contribution is -2.17. The second-order valence-corrected chi connectivity index (χ2v) is 5.62. The van der Waals surface area contributed by atoms with Gasteiger partial charge in [-0.2, -0.15) is 4.37 Å². The molecule has 0 aliphatic rings. The van der Waals surface area contributed by atoms with Crippen molar-refractivity contribution >= 4 is 39.0 Å². The molecule has 0 aliphatic carbocycles. The van der Waals surface area contributed by atoms with Crippen LogP contribution in [0.5, 0.6) is 5.88 Å². The van der Waals surface area contributed by atoms with Crippen LogP contribution in [0, 0.1) is 0 Å². The summed E-state index contributed by atoms with van der Waals surface area (Å²) in [6, 6.07) is 1.93. The zero-order chi connectivity index (χ0) is 13.2. The molecule has 0 saturated carbocycles. The first-order valence-electron chi connectivity index (χ1n) is 5.53. The van der Waals surface area contributed by atoms with Crippen LogP contribution in [0.1, 0.15) is 4.88 Å². The standard InChI is InChI=1S/C11H11N5OS2/c1-16(4-7-3-8(17-2)15-19-7)10-9-11(13-5-12-10)18-6-14-9/h3,5-6H,4H2,1-2H3. The minimum absolute atomic E-state index is 0.648. The molecule has 0 radical (unpaired) electrons. The van der Waals surface area contributed by atoms with Gasteiger partial charge in [0.15, 0.2) is 5.82 Å². The van der Waals surface area contributed by atoms with Crippen molar-refractivity contribution in [3.8, 4) is 5.88 Å². The van der Waals surface area contributed by atoms with Crippen molar-refractivity contribution in [2.45, 2.75) is 6.54 Å². The molecule has 0 amide bonds. The van der Waals surface area contributed by atoms with E-state index in [1.807, 2.05) is 18.0 Å². The van der Waals surface area contributed by atoms with Crippen LogP contribution in [0.3, 0.4) is 0 Å². The van der Waals surface area contributed by atoms with Crippen LogP contribution in [-0.2, 0) is 6.54 Å². The number of aromatic nitrogens is 4. The summed E-state index contributed by atoms with van der Waals surface area (Å²) in [5, 5.41) is 0. The molecule has 19 heavy (non-hydrogen) atoms. The van der Waals surface area contributed by atoms with Crippen LogP contribution in [0.25, 0.3) is 10.3 Å². The molecule has 8 heteroatoms. The maximum absolute atomic E-state index is 5.08. The summed E-state index contributed by atoms with van der Waals surface area (Å²) >= 11 is 2.94. The lowest BCUT2D eigenvalue weighted by atomic mass is 10.4. The number of rotatable bonds is 4. The SMILES string of the molecule is COc1cc(CN(C)c2ncnc3scnc23)sn1. The first kappa shape index (κ1) is 12.2. The monoisotopic (exact) mass is 293 g/mol. The van der Waals surface area contributed by atoms with E-state index < -0.39 is 0 Å². The Kier molecular flexibility index (Phi) is 3.26. The molecule has 0 fully saturated rings. The highest BCUT2D eigenvalue weighted by Gasteiger charge is 2.12. The third kappa shape index (κ3) is 2.36. The Bertz CT molecular complexity index is 695. The fraction of sp³-hybridized carbons (Fsp3) is 0.273. The van der Waals surface area contributed by atoms with Gasteiger partial charge in [0.25, 0.3) is 0 Å². The fourth-order valence-corrected chi connectivity index (χ4v) is 3.10. The summed E-state index contributed by atoms with van der Waals surface area (Å²) in [6.07, 6.45) is 1.57. The van der Waals surface area contributed by atoms with Crippen LogP contribution in [0.4, 0.5) is 5.82 Å². The zero-order valence-corrected chi connectivity index (χ0v) is 12.0. The number of hydrogen-bond acceptors (Lipinski definition) is 8. The van der Waals surface area contributed by atoms with Crippen molar-refractivity contribution in [1.29, 1.82) is 0 Å². The van der Waals surface area contributed by atoms with E-state index in [1.165, 1.54) is 22.9 Å². The number of thiazole rings is 1. The Labute approximate surface area is 117 Å². The fourth-order valence-electron chi connectivity index (χ4n) is 1.73. The second-order valence-electron chi connectivity index (χ2n) is 3.90. The molecule has 3 rings (SSSR count). The first-order valence-corrected chi connectivity index (χ1v) is 7.18. The molecule has 0 aromatic carbocycles. The summed E-state index contributed by atoms with van der Waals surface area (Å²) in [6.45, 7) is 0.713. The zero-order valence-electron chi connectivity index (χ0n) is 10.4. The van der Waals surface area contributed by atoms with E-state index in [9.17, 15) is 0 Å². The highest BCUT2D eigenvalue weighted by Crippen LogP contribution is 2.25. The van der Waals surface area contributed by atoms with E-state index in [0.29, 0.717) is 12.4 Å². The van der Waals surface area contributed by atoms with Gasteiger partial charge in [-0.1, -0.05) is 0 Å². The Balaban J connectivity index is 1.87. The quantitative estimate of drug-likeness (QED) is 0.734. The van der Waals surface area contributed by atoms with Gasteiger partial charge in [0.05, 0.1) is 19.2 Å². The maximum atomic E-state index is 5.08. The molecular formula is C11H11N5OS2. The van der Waals surface area contributed by atoms with Crippen LogP contribution in [0.15, 0.2) is 17.9 Å². The van der Waals surface area contributed by atoms with E-state index in [1.54, 1.807) is 18.9 Å². The van der Waals surface area contributed by atoms with E-state index in [4.69, 9.17) is 4.74 Å². The summed E-state index contributed by atoms with van der Waals surface area (Å²) in [5.41, 5.74) is 2.62. The Morgan fingerprint density at radius 3 is 3.00 bits per heavy atom. The molecule has 0 atom stereocenters. The van der Waals surface area contributed by atoms with Crippen molar-refractivity contribution in [2.24, 2.45) is 0 Å². The average molecular weight is 293 g/mol. The molecule has 6 nitrogen and oxygen atoms in total. The van der Waals surface area contributed by atoms with Gasteiger partial charge >= 0.3 is 0 Å². The molecule has 98 valence electrons. The minimum Gasteiger partial charge on any atom is -0.480 e. The smallest absolute Gasteiger partial charge is 0.225 e. The van der Waals surface area contributed by atoms with Gasteiger partial charge in [0.1, 0.15) is 16.7 Å². The minimum atomic E-state index is 0.648. The first-order chi connectivity index (χ1) is 9.28. The number of nitrogens with zero attached hydrogens (tertiary/aromatic N) is 5. The molecule has 0 N–H and O–H groups in total. The lowest BCUT2D eigenvalue weighted by molar-refractivity contribution is 0.402. The number of fused-ring (bicyclic) bond motifs is 1. The molecule has 0 saturated heterocycles. The molecule has 0 aliphatic heterocycles. The molecule has 3 heterocycles. The summed E-state index contributed by atoms with van der Waals surface area (Å²) in [4.78, 5) is 16.9. The highest BCUT2D eigenvalue weighted by atomic mass is 32.1. The summed E-state index contributed by atoms with van der Waals surface area (Å²) < 4.78 is 9.26. The van der Waals surface area contributed by atoms with Gasteiger partial charge in [0.2, 0.25) is 5.88 Å². The van der Waals surface area contributed by atoms with Gasteiger partial charge < -0.3 is 9.64 Å². The Morgan fingerprint density at radius 1 is 1.32 bits per heavy atom. The van der Waals surface area contributed by atoms with Crippen molar-refractivity contribution in [3.63, 3.8) is 0 Å². The molecule has 0 unspecified atom stereocenters. The maximum Gasteiger partial charge on any atom is 0.225 e. The number of hydrogen-bond donors (Lipinski definition) is 0. The molecule has 0 bridgehead atoms. The molecule has 3 aromatic heterocycles. The van der Waals surface area contributed by atoms with Crippen molar-refractivity contribution in [3.05, 3.63) is 22.8 Å². The third-order valence-electron chi connectivity index (χ3n) is 2.62. The number of ether oxygens (including phenoxy) is 1. The largest absolute Gasteiger partial charge is 0.480 e. The van der Waals surface area contributed by atoms with Gasteiger partial charge in [-0.15, -0.1) is 11.3 Å². The van der Waals surface area contributed by atoms with E-state index in [2.05, 4.69) is 19.3 Å². The van der Waals surface area contributed by atoms with Crippen LogP contribution in [-0.4, -0.2) is 33.5 Å². The molecular weight excluding hydrogens is 282 g/mol. The molecule has 0 spiro atoms. The number of anilines is 1. The number of methoxy groups -OCH3 is 1. The van der Waals surface area contributed by atoms with E-state index in [-0.39, 0.29) is 0 Å². The second kappa shape index (κ2) is 5.06. The van der Waals surface area contributed by atoms with Crippen LogP contribution in [0.2, 0.25) is 0 Å². The van der Waals surface area contributed by atoms with Gasteiger partial charge in [-0.25, -0.2) is 15.0 Å². The van der Waals surface area contributed by atoms with Crippen molar-refractivity contribution in [1.82, 2.24) is 19.3 Å². The van der Waals surface area contributed by atoms with Crippen LogP contribution >= 0.6 is 22.9 Å². The topological polar surface area (TPSA) is 64.0 Å². The Hall–Kier alpha value is -1.80. The summed E-state index contributed by atoms with van der Waals surface area (Å²) in [7, 11) is 3.60. The Morgan fingerprint density at radius 2 is 2.21 bits per heavy atom. The van der Waals surface area contributed by atoms with E-state index in [0.717, 1.165) is 21.0 Å². The van der Waals surface area contributed by atoms with E-state index >= 15 is 0 Å². The highest BCUT2D eigenvalue weighted by molar-refractivity contribution is 7.16. The summed E-state index contributed by atoms with van der Waals surface area (Å²) in [5.74, 6) is 1.48. The normalized spacial score (nSPS) is 10.8. The van der Waals surface area contributed by atoms with Gasteiger partial charge in [-0.3, -0.25) is 0 Å². The lowest BCUT2D eigenvalue weighted by Gasteiger charge is -2.16.